The third kappa shape index (κ3) is 3.45. The Labute approximate surface area is 174 Å². The summed E-state index contributed by atoms with van der Waals surface area (Å²) in [6.45, 7) is 3.94. The van der Waals surface area contributed by atoms with Crippen LogP contribution in [0.2, 0.25) is 5.02 Å². The number of ether oxygens (including phenoxy) is 1. The van der Waals surface area contributed by atoms with Crippen LogP contribution in [0.4, 0.5) is 15.8 Å². The third-order valence-corrected chi connectivity index (χ3v) is 6.47. The van der Waals surface area contributed by atoms with Crippen molar-refractivity contribution >= 4 is 28.9 Å². The number of piperidine rings is 1. The second-order valence-electron chi connectivity index (χ2n) is 7.96. The smallest absolute Gasteiger partial charge is 0.243 e. The molecule has 0 spiro atoms. The maximum atomic E-state index is 13.1. The zero-order valence-electron chi connectivity index (χ0n) is 16.0. The highest BCUT2D eigenvalue weighted by Crippen LogP contribution is 2.49. The maximum absolute atomic E-state index is 13.1. The molecule has 152 valence electrons. The van der Waals surface area contributed by atoms with E-state index in [0.717, 1.165) is 38.2 Å². The lowest BCUT2D eigenvalue weighted by atomic mass is 9.89. The molecule has 0 aromatic heterocycles. The number of para-hydroxylation sites is 1. The average molecular weight is 416 g/mol. The number of rotatable bonds is 5. The van der Waals surface area contributed by atoms with E-state index >= 15 is 0 Å². The van der Waals surface area contributed by atoms with Crippen LogP contribution in [0.3, 0.4) is 0 Å². The Morgan fingerprint density at radius 3 is 3.03 bits per heavy atom. The van der Waals surface area contributed by atoms with Crippen LogP contribution in [0.5, 0.6) is 5.75 Å². The number of anilines is 2. The molecule has 0 aliphatic carbocycles. The number of fused-ring (bicyclic) bond motifs is 3. The summed E-state index contributed by atoms with van der Waals surface area (Å²) in [7, 11) is 0. The van der Waals surface area contributed by atoms with Gasteiger partial charge in [0.05, 0.1) is 29.5 Å². The number of carbonyl (C=O) groups is 1. The first-order valence-corrected chi connectivity index (χ1v) is 10.5. The first-order valence-electron chi connectivity index (χ1n) is 10.1. The molecule has 7 heteroatoms. The lowest BCUT2D eigenvalue weighted by Gasteiger charge is -2.39. The zero-order chi connectivity index (χ0) is 20.0. The van der Waals surface area contributed by atoms with Crippen LogP contribution in [0.25, 0.3) is 0 Å². The Kier molecular flexibility index (Phi) is 4.84. The molecule has 1 saturated heterocycles. The summed E-state index contributed by atoms with van der Waals surface area (Å²) in [5, 5.41) is 3.32. The zero-order valence-corrected chi connectivity index (χ0v) is 16.8. The molecule has 2 atom stereocenters. The normalized spacial score (nSPS) is 22.8. The number of halogens is 2. The topological polar surface area (TPSA) is 44.8 Å². The number of benzene rings is 2. The summed E-state index contributed by atoms with van der Waals surface area (Å²) in [6.07, 6.45) is 1.93. The van der Waals surface area contributed by atoms with Crippen LogP contribution < -0.4 is 15.0 Å². The second kappa shape index (κ2) is 7.50. The molecule has 5 nitrogen and oxygen atoms in total. The number of hydrogen-bond donors (Lipinski definition) is 1. The molecule has 1 N–H and O–H groups in total. The van der Waals surface area contributed by atoms with Crippen molar-refractivity contribution in [2.75, 3.05) is 43.0 Å². The highest BCUT2D eigenvalue weighted by molar-refractivity contribution is 6.32. The van der Waals surface area contributed by atoms with Crippen LogP contribution in [-0.4, -0.2) is 49.6 Å². The van der Waals surface area contributed by atoms with Gasteiger partial charge in [-0.3, -0.25) is 4.79 Å². The molecule has 29 heavy (non-hydrogen) atoms. The van der Waals surface area contributed by atoms with Gasteiger partial charge in [-0.05, 0) is 42.7 Å². The van der Waals surface area contributed by atoms with Gasteiger partial charge in [0.2, 0.25) is 5.91 Å². The van der Waals surface area contributed by atoms with Gasteiger partial charge in [-0.1, -0.05) is 23.7 Å². The summed E-state index contributed by atoms with van der Waals surface area (Å²) in [5.74, 6) is 0.670. The quantitative estimate of drug-likeness (QED) is 0.753. The molecule has 3 heterocycles. The van der Waals surface area contributed by atoms with Crippen molar-refractivity contribution in [2.24, 2.45) is 0 Å². The van der Waals surface area contributed by atoms with Gasteiger partial charge in [0.15, 0.2) is 0 Å². The molecule has 0 unspecified atom stereocenters. The van der Waals surface area contributed by atoms with Gasteiger partial charge in [0, 0.05) is 31.6 Å². The first-order chi connectivity index (χ1) is 14.1. The Balaban J connectivity index is 1.20. The fourth-order valence-corrected chi connectivity index (χ4v) is 5.16. The van der Waals surface area contributed by atoms with E-state index < -0.39 is 0 Å². The van der Waals surface area contributed by atoms with Gasteiger partial charge < -0.3 is 19.9 Å². The molecule has 2 aromatic rings. The largest absolute Gasteiger partial charge is 0.492 e. The van der Waals surface area contributed by atoms with Crippen molar-refractivity contribution < 1.29 is 13.9 Å². The van der Waals surface area contributed by atoms with Gasteiger partial charge in [-0.25, -0.2) is 4.39 Å². The van der Waals surface area contributed by atoms with Gasteiger partial charge in [-0.15, -0.1) is 0 Å². The van der Waals surface area contributed by atoms with Crippen LogP contribution in [0, 0.1) is 5.82 Å². The van der Waals surface area contributed by atoms with E-state index in [9.17, 15) is 9.18 Å². The van der Waals surface area contributed by atoms with E-state index in [1.54, 1.807) is 6.07 Å². The molecule has 3 aliphatic heterocycles. The molecule has 2 aromatic carbocycles. The lowest BCUT2D eigenvalue weighted by molar-refractivity contribution is -0.115. The Morgan fingerprint density at radius 2 is 2.17 bits per heavy atom. The molecule has 1 amide bonds. The van der Waals surface area contributed by atoms with Crippen LogP contribution in [-0.2, 0) is 4.79 Å². The molecule has 5 rings (SSSR count). The van der Waals surface area contributed by atoms with Gasteiger partial charge in [0.1, 0.15) is 11.6 Å². The molecular weight excluding hydrogens is 393 g/mol. The molecule has 1 fully saturated rings. The third-order valence-electron chi connectivity index (χ3n) is 6.17. The van der Waals surface area contributed by atoms with Crippen molar-refractivity contribution in [1.29, 1.82) is 0 Å². The standard InChI is InChI=1S/C22H23ClFN3O2/c23-17-11-14(24)5-6-20(17)29-10-2-8-26-9-7-19-16(12-26)15-3-1-4-18-22(15)27(19)13-21(28)25-18/h1,3-6,11,16,19H,2,7-10,12-13H2,(H,25,28)/t16-,19-/m0/s1. The van der Waals surface area contributed by atoms with Crippen molar-refractivity contribution in [2.45, 2.75) is 24.8 Å². The van der Waals surface area contributed by atoms with E-state index in [0.29, 0.717) is 35.9 Å². The number of likely N-dealkylation sites (tertiary alicyclic amines) is 1. The van der Waals surface area contributed by atoms with E-state index in [4.69, 9.17) is 16.3 Å². The summed E-state index contributed by atoms with van der Waals surface area (Å²) in [4.78, 5) is 16.9. The molecule has 0 radical (unpaired) electrons. The van der Waals surface area contributed by atoms with E-state index in [-0.39, 0.29) is 11.7 Å². The summed E-state index contributed by atoms with van der Waals surface area (Å²) >= 11 is 6.01. The Hall–Kier alpha value is -2.31. The monoisotopic (exact) mass is 415 g/mol. The summed E-state index contributed by atoms with van der Waals surface area (Å²) < 4.78 is 18.8. The van der Waals surface area contributed by atoms with E-state index in [1.807, 2.05) is 12.1 Å². The fourth-order valence-electron chi connectivity index (χ4n) is 4.94. The van der Waals surface area contributed by atoms with Crippen molar-refractivity contribution in [3.8, 4) is 5.75 Å². The van der Waals surface area contributed by atoms with E-state index in [2.05, 4.69) is 21.2 Å². The number of nitrogens with zero attached hydrogens (tertiary/aromatic N) is 2. The predicted octanol–water partition coefficient (Wildman–Crippen LogP) is 3.88. The van der Waals surface area contributed by atoms with Crippen molar-refractivity contribution in [3.63, 3.8) is 0 Å². The maximum Gasteiger partial charge on any atom is 0.243 e. The SMILES string of the molecule is O=C1CN2c3c(cccc3[C@@H]3CN(CCCOc4ccc(F)cc4Cl)CC[C@@H]32)N1. The van der Waals surface area contributed by atoms with Crippen LogP contribution in [0.1, 0.15) is 24.3 Å². The minimum absolute atomic E-state index is 0.0781. The Morgan fingerprint density at radius 1 is 1.28 bits per heavy atom. The van der Waals surface area contributed by atoms with Crippen LogP contribution >= 0.6 is 11.6 Å². The van der Waals surface area contributed by atoms with Crippen LogP contribution in [0.15, 0.2) is 36.4 Å². The predicted molar refractivity (Wildman–Crippen MR) is 112 cm³/mol. The minimum atomic E-state index is -0.361. The van der Waals surface area contributed by atoms with Crippen molar-refractivity contribution in [3.05, 3.63) is 52.8 Å². The first kappa shape index (κ1) is 18.7. The summed E-state index contributed by atoms with van der Waals surface area (Å²) in [6, 6.07) is 10.8. The van der Waals surface area contributed by atoms with Gasteiger partial charge >= 0.3 is 0 Å². The molecular formula is C22H23ClFN3O2. The van der Waals surface area contributed by atoms with E-state index in [1.165, 1.54) is 23.4 Å². The Bertz CT molecular complexity index is 954. The van der Waals surface area contributed by atoms with Gasteiger partial charge in [0.25, 0.3) is 0 Å². The number of amides is 1. The molecule has 3 aliphatic rings. The fraction of sp³-hybridized carbons (Fsp3) is 0.409. The number of carbonyl (C=O) groups excluding carboxylic acids is 1. The highest BCUT2D eigenvalue weighted by Gasteiger charge is 2.44. The number of nitrogens with one attached hydrogen (secondary N) is 1. The number of hydrogen-bond acceptors (Lipinski definition) is 4. The summed E-state index contributed by atoms with van der Waals surface area (Å²) in [5.41, 5.74) is 3.52. The van der Waals surface area contributed by atoms with Crippen molar-refractivity contribution in [1.82, 2.24) is 4.90 Å². The average Bonchev–Trinajstić information content (AvgIpc) is 3.01. The minimum Gasteiger partial charge on any atom is -0.492 e. The molecule has 0 bridgehead atoms. The highest BCUT2D eigenvalue weighted by atomic mass is 35.5. The second-order valence-corrected chi connectivity index (χ2v) is 8.37. The van der Waals surface area contributed by atoms with Gasteiger partial charge in [-0.2, -0.15) is 0 Å². The molecule has 0 saturated carbocycles. The lowest BCUT2D eigenvalue weighted by Crippen LogP contribution is -2.49.